The molecule has 0 aliphatic rings. The second-order valence-electron chi connectivity index (χ2n) is 4.56. The molecule has 6 heteroatoms. The van der Waals surface area contributed by atoms with Crippen LogP contribution >= 0.6 is 11.6 Å². The molecule has 0 aliphatic heterocycles. The van der Waals surface area contributed by atoms with Gasteiger partial charge in [-0.25, -0.2) is 0 Å². The lowest BCUT2D eigenvalue weighted by atomic mass is 10.1. The fourth-order valence-corrected chi connectivity index (χ4v) is 2.21. The molecule has 2 aromatic rings. The van der Waals surface area contributed by atoms with E-state index in [0.29, 0.717) is 22.2 Å². The van der Waals surface area contributed by atoms with Gasteiger partial charge in [0.15, 0.2) is 0 Å². The van der Waals surface area contributed by atoms with Crippen LogP contribution in [0.4, 0.5) is 5.69 Å². The summed E-state index contributed by atoms with van der Waals surface area (Å²) in [4.78, 5) is 12.3. The van der Waals surface area contributed by atoms with Crippen LogP contribution in [0.1, 0.15) is 11.6 Å². The van der Waals surface area contributed by atoms with E-state index >= 15 is 0 Å². The Balaban J connectivity index is 2.24. The van der Waals surface area contributed by atoms with Crippen LogP contribution in [0.25, 0.3) is 0 Å². The minimum Gasteiger partial charge on any atom is -0.495 e. The number of nitrogens with two attached hydrogens (primary N) is 1. The average molecular weight is 321 g/mol. The smallest absolute Gasteiger partial charge is 0.245 e. The molecule has 0 fully saturated rings. The van der Waals surface area contributed by atoms with Gasteiger partial charge in [-0.15, -0.1) is 0 Å². The number of carbonyl (C=O) groups excluding carboxylic acids is 1. The van der Waals surface area contributed by atoms with Crippen LogP contribution in [0, 0.1) is 0 Å². The Hall–Kier alpha value is -2.24. The third-order valence-corrected chi connectivity index (χ3v) is 3.47. The monoisotopic (exact) mass is 320 g/mol. The first kappa shape index (κ1) is 16.1. The van der Waals surface area contributed by atoms with E-state index in [1.165, 1.54) is 14.2 Å². The molecule has 0 saturated heterocycles. The van der Waals surface area contributed by atoms with Crippen molar-refractivity contribution in [3.8, 4) is 11.5 Å². The van der Waals surface area contributed by atoms with Crippen molar-refractivity contribution in [2.45, 2.75) is 6.04 Å². The van der Waals surface area contributed by atoms with Crippen molar-refractivity contribution in [1.82, 2.24) is 0 Å². The molecular weight excluding hydrogens is 304 g/mol. The molecule has 0 radical (unpaired) electrons. The summed E-state index contributed by atoms with van der Waals surface area (Å²) < 4.78 is 10.4. The van der Waals surface area contributed by atoms with Gasteiger partial charge in [-0.2, -0.15) is 0 Å². The second-order valence-corrected chi connectivity index (χ2v) is 4.97. The Bertz CT molecular complexity index is 662. The van der Waals surface area contributed by atoms with E-state index in [1.807, 2.05) is 18.2 Å². The quantitative estimate of drug-likeness (QED) is 0.888. The van der Waals surface area contributed by atoms with Crippen molar-refractivity contribution in [2.24, 2.45) is 5.73 Å². The minimum absolute atomic E-state index is 0.353. The number of halogens is 1. The van der Waals surface area contributed by atoms with Crippen molar-refractivity contribution in [3.63, 3.8) is 0 Å². The molecular formula is C16H17ClN2O3. The van der Waals surface area contributed by atoms with Crippen LogP contribution in [0.3, 0.4) is 0 Å². The molecule has 0 spiro atoms. The Morgan fingerprint density at radius 3 is 2.36 bits per heavy atom. The molecule has 22 heavy (non-hydrogen) atoms. The van der Waals surface area contributed by atoms with Crippen molar-refractivity contribution in [1.29, 1.82) is 0 Å². The average Bonchev–Trinajstić information content (AvgIpc) is 2.55. The first-order chi connectivity index (χ1) is 10.6. The van der Waals surface area contributed by atoms with Crippen LogP contribution in [-0.2, 0) is 4.79 Å². The van der Waals surface area contributed by atoms with Gasteiger partial charge in [0, 0.05) is 12.1 Å². The zero-order valence-electron chi connectivity index (χ0n) is 12.3. The number of amides is 1. The van der Waals surface area contributed by atoms with E-state index in [-0.39, 0.29) is 5.91 Å². The number of carbonyl (C=O) groups is 1. The van der Waals surface area contributed by atoms with Gasteiger partial charge < -0.3 is 20.5 Å². The maximum Gasteiger partial charge on any atom is 0.245 e. The SMILES string of the molecule is COc1cc(NC(=O)[C@@H](N)c2ccccc2)c(OC)cc1Cl. The number of hydrogen-bond acceptors (Lipinski definition) is 4. The van der Waals surface area contributed by atoms with Crippen molar-refractivity contribution in [2.75, 3.05) is 19.5 Å². The fraction of sp³-hybridized carbons (Fsp3) is 0.188. The van der Waals surface area contributed by atoms with Crippen molar-refractivity contribution >= 4 is 23.2 Å². The lowest BCUT2D eigenvalue weighted by molar-refractivity contribution is -0.117. The first-order valence-electron chi connectivity index (χ1n) is 6.59. The predicted molar refractivity (Wildman–Crippen MR) is 86.6 cm³/mol. The Morgan fingerprint density at radius 1 is 1.14 bits per heavy atom. The molecule has 0 aromatic heterocycles. The summed E-state index contributed by atoms with van der Waals surface area (Å²) >= 11 is 6.03. The van der Waals surface area contributed by atoms with Crippen molar-refractivity contribution in [3.05, 3.63) is 53.1 Å². The lowest BCUT2D eigenvalue weighted by Gasteiger charge is -2.16. The minimum atomic E-state index is -0.785. The van der Waals surface area contributed by atoms with E-state index in [2.05, 4.69) is 5.32 Å². The third-order valence-electron chi connectivity index (χ3n) is 3.17. The number of hydrogen-bond donors (Lipinski definition) is 2. The number of nitrogens with one attached hydrogen (secondary N) is 1. The number of rotatable bonds is 5. The summed E-state index contributed by atoms with van der Waals surface area (Å²) in [6.45, 7) is 0. The topological polar surface area (TPSA) is 73.6 Å². The molecule has 0 unspecified atom stereocenters. The molecule has 0 aliphatic carbocycles. The molecule has 0 bridgehead atoms. The highest BCUT2D eigenvalue weighted by Crippen LogP contribution is 2.36. The zero-order chi connectivity index (χ0) is 16.1. The Kier molecular flexibility index (Phi) is 5.25. The van der Waals surface area contributed by atoms with Gasteiger partial charge in [-0.1, -0.05) is 41.9 Å². The Labute approximate surface area is 134 Å². The van der Waals surface area contributed by atoms with E-state index in [4.69, 9.17) is 26.8 Å². The van der Waals surface area contributed by atoms with E-state index in [1.54, 1.807) is 24.3 Å². The van der Waals surface area contributed by atoms with Gasteiger partial charge in [-0.3, -0.25) is 4.79 Å². The van der Waals surface area contributed by atoms with Gasteiger partial charge in [0.1, 0.15) is 17.5 Å². The predicted octanol–water partition coefficient (Wildman–Crippen LogP) is 3.00. The second kappa shape index (κ2) is 7.15. The summed E-state index contributed by atoms with van der Waals surface area (Å²) in [5.74, 6) is 0.513. The van der Waals surface area contributed by atoms with E-state index < -0.39 is 6.04 Å². The summed E-state index contributed by atoms with van der Waals surface area (Å²) in [6, 6.07) is 11.5. The third kappa shape index (κ3) is 3.50. The number of ether oxygens (including phenoxy) is 2. The molecule has 3 N–H and O–H groups in total. The van der Waals surface area contributed by atoms with Crippen LogP contribution < -0.4 is 20.5 Å². The normalized spacial score (nSPS) is 11.6. The fourth-order valence-electron chi connectivity index (χ4n) is 1.98. The van der Waals surface area contributed by atoms with Gasteiger partial charge in [0.25, 0.3) is 0 Å². The van der Waals surface area contributed by atoms with Gasteiger partial charge in [0.05, 0.1) is 24.9 Å². The summed E-state index contributed by atoms with van der Waals surface area (Å²) in [6.07, 6.45) is 0. The highest BCUT2D eigenvalue weighted by molar-refractivity contribution is 6.32. The summed E-state index contributed by atoms with van der Waals surface area (Å²) in [5.41, 5.74) is 7.13. The summed E-state index contributed by atoms with van der Waals surface area (Å²) in [7, 11) is 2.99. The number of methoxy groups -OCH3 is 2. The maximum absolute atomic E-state index is 12.3. The number of anilines is 1. The molecule has 1 amide bonds. The molecule has 2 rings (SSSR count). The first-order valence-corrected chi connectivity index (χ1v) is 6.97. The highest BCUT2D eigenvalue weighted by Gasteiger charge is 2.18. The van der Waals surface area contributed by atoms with Crippen LogP contribution in [0.15, 0.2) is 42.5 Å². The van der Waals surface area contributed by atoms with Crippen molar-refractivity contribution < 1.29 is 14.3 Å². The van der Waals surface area contributed by atoms with E-state index in [0.717, 1.165) is 5.56 Å². The van der Waals surface area contributed by atoms with Crippen LogP contribution in [0.5, 0.6) is 11.5 Å². The van der Waals surface area contributed by atoms with Crippen LogP contribution in [-0.4, -0.2) is 20.1 Å². The Morgan fingerprint density at radius 2 is 1.77 bits per heavy atom. The largest absolute Gasteiger partial charge is 0.495 e. The molecule has 0 saturated carbocycles. The zero-order valence-corrected chi connectivity index (χ0v) is 13.1. The maximum atomic E-state index is 12.3. The number of benzene rings is 2. The summed E-state index contributed by atoms with van der Waals surface area (Å²) in [5, 5.41) is 3.13. The van der Waals surface area contributed by atoms with E-state index in [9.17, 15) is 4.79 Å². The van der Waals surface area contributed by atoms with Gasteiger partial charge in [0.2, 0.25) is 5.91 Å². The van der Waals surface area contributed by atoms with Gasteiger partial charge >= 0.3 is 0 Å². The lowest BCUT2D eigenvalue weighted by Crippen LogP contribution is -2.27. The molecule has 5 nitrogen and oxygen atoms in total. The molecule has 0 heterocycles. The standard InChI is InChI=1S/C16H17ClN2O3/c1-21-13-9-12(14(22-2)8-11(13)17)19-16(20)15(18)10-6-4-3-5-7-10/h3-9,15H,18H2,1-2H3,(H,19,20)/t15-/m0/s1. The van der Waals surface area contributed by atoms with Crippen LogP contribution in [0.2, 0.25) is 5.02 Å². The van der Waals surface area contributed by atoms with Gasteiger partial charge in [-0.05, 0) is 5.56 Å². The molecule has 1 atom stereocenters. The molecule has 116 valence electrons. The highest BCUT2D eigenvalue weighted by atomic mass is 35.5. The molecule has 2 aromatic carbocycles.